The molecule has 0 aromatic heterocycles. The van der Waals surface area contributed by atoms with Gasteiger partial charge < -0.3 is 10.2 Å². The lowest BCUT2D eigenvalue weighted by Gasteiger charge is -2.30. The van der Waals surface area contributed by atoms with Crippen LogP contribution in [0.3, 0.4) is 0 Å². The van der Waals surface area contributed by atoms with Crippen molar-refractivity contribution in [2.24, 2.45) is 0 Å². The molecule has 27 heavy (non-hydrogen) atoms. The number of hydrogen-bond acceptors (Lipinski definition) is 5. The fourth-order valence-corrected chi connectivity index (χ4v) is 3.85. The molecule has 3 amide bonds. The van der Waals surface area contributed by atoms with Gasteiger partial charge in [-0.2, -0.15) is 0 Å². The molecular weight excluding hydrogens is 346 g/mol. The Kier molecular flexibility index (Phi) is 5.88. The van der Waals surface area contributed by atoms with Gasteiger partial charge in [0, 0.05) is 25.2 Å². The summed E-state index contributed by atoms with van der Waals surface area (Å²) < 4.78 is 0. The molecule has 7 nitrogen and oxygen atoms in total. The lowest BCUT2D eigenvalue weighted by atomic mass is 9.94. The lowest BCUT2D eigenvalue weighted by molar-refractivity contribution is -0.136. The van der Waals surface area contributed by atoms with Crippen molar-refractivity contribution in [2.75, 3.05) is 12.4 Å². The zero-order valence-corrected chi connectivity index (χ0v) is 15.5. The first-order valence-corrected chi connectivity index (χ1v) is 9.47. The summed E-state index contributed by atoms with van der Waals surface area (Å²) in [6, 6.07) is 4.73. The Hall–Kier alpha value is -2.70. The van der Waals surface area contributed by atoms with E-state index in [0.29, 0.717) is 23.6 Å². The SMILES string of the molecule is CN(C(=O)c1cccc(NC2CCCCC2)c1C=O)C1CCC(=O)NC1=O. The summed E-state index contributed by atoms with van der Waals surface area (Å²) in [6.07, 6.45) is 6.81. The normalized spacial score (nSPS) is 20.7. The summed E-state index contributed by atoms with van der Waals surface area (Å²) in [5.41, 5.74) is 1.23. The van der Waals surface area contributed by atoms with Crippen molar-refractivity contribution >= 4 is 29.7 Å². The fourth-order valence-electron chi connectivity index (χ4n) is 3.85. The maximum atomic E-state index is 13.0. The van der Waals surface area contributed by atoms with E-state index in [9.17, 15) is 19.2 Å². The van der Waals surface area contributed by atoms with Crippen molar-refractivity contribution in [3.8, 4) is 0 Å². The molecule has 1 aliphatic heterocycles. The van der Waals surface area contributed by atoms with Gasteiger partial charge in [-0.15, -0.1) is 0 Å². The summed E-state index contributed by atoms with van der Waals surface area (Å²) in [7, 11) is 1.53. The number of aldehydes is 1. The Morgan fingerprint density at radius 2 is 1.93 bits per heavy atom. The number of amides is 3. The highest BCUT2D eigenvalue weighted by Crippen LogP contribution is 2.26. The van der Waals surface area contributed by atoms with Crippen LogP contribution in [0.5, 0.6) is 0 Å². The number of likely N-dealkylation sites (N-methyl/N-ethyl adjacent to an activating group) is 1. The summed E-state index contributed by atoms with van der Waals surface area (Å²) in [5.74, 6) is -1.21. The van der Waals surface area contributed by atoms with Crippen molar-refractivity contribution in [1.29, 1.82) is 0 Å². The highest BCUT2D eigenvalue weighted by molar-refractivity contribution is 6.07. The van der Waals surface area contributed by atoms with Gasteiger partial charge in [0.25, 0.3) is 5.91 Å². The van der Waals surface area contributed by atoms with Gasteiger partial charge in [0.2, 0.25) is 11.8 Å². The van der Waals surface area contributed by atoms with E-state index in [1.165, 1.54) is 18.4 Å². The van der Waals surface area contributed by atoms with Gasteiger partial charge in [-0.1, -0.05) is 25.3 Å². The molecule has 2 N–H and O–H groups in total. The predicted octanol–water partition coefficient (Wildman–Crippen LogP) is 2.12. The zero-order chi connectivity index (χ0) is 19.4. The quantitative estimate of drug-likeness (QED) is 0.611. The summed E-state index contributed by atoms with van der Waals surface area (Å²) in [4.78, 5) is 49.4. The van der Waals surface area contributed by atoms with E-state index >= 15 is 0 Å². The van der Waals surface area contributed by atoms with Gasteiger partial charge in [-0.3, -0.25) is 24.5 Å². The number of nitrogens with one attached hydrogen (secondary N) is 2. The molecule has 2 fully saturated rings. The topological polar surface area (TPSA) is 95.6 Å². The van der Waals surface area contributed by atoms with Crippen molar-refractivity contribution in [1.82, 2.24) is 10.2 Å². The Morgan fingerprint density at radius 1 is 1.19 bits per heavy atom. The molecule has 0 bridgehead atoms. The number of benzene rings is 1. The van der Waals surface area contributed by atoms with Crippen LogP contribution in [0, 0.1) is 0 Å². The van der Waals surface area contributed by atoms with Crippen LogP contribution in [-0.4, -0.2) is 48.0 Å². The van der Waals surface area contributed by atoms with Crippen LogP contribution in [0.25, 0.3) is 0 Å². The first kappa shape index (κ1) is 19.1. The summed E-state index contributed by atoms with van der Waals surface area (Å²) in [6.45, 7) is 0. The standard InChI is InChI=1S/C20H25N3O4/c1-23(17-10-11-18(25)22-19(17)26)20(27)14-8-5-9-16(15(14)12-24)21-13-6-3-2-4-7-13/h5,8-9,12-13,17,21H,2-4,6-7,10-11H2,1H3,(H,22,25,26). The predicted molar refractivity (Wildman–Crippen MR) is 101 cm³/mol. The van der Waals surface area contributed by atoms with Crippen LogP contribution < -0.4 is 10.6 Å². The maximum Gasteiger partial charge on any atom is 0.255 e. The van der Waals surface area contributed by atoms with Crippen LogP contribution in [0.2, 0.25) is 0 Å². The van der Waals surface area contributed by atoms with Crippen LogP contribution in [0.1, 0.15) is 65.7 Å². The number of piperidine rings is 1. The third-order valence-corrected chi connectivity index (χ3v) is 5.42. The lowest BCUT2D eigenvalue weighted by Crippen LogP contribution is -2.53. The number of rotatable bonds is 5. The second-order valence-corrected chi connectivity index (χ2v) is 7.25. The highest BCUT2D eigenvalue weighted by Gasteiger charge is 2.33. The highest BCUT2D eigenvalue weighted by atomic mass is 16.2. The van der Waals surface area contributed by atoms with E-state index in [1.54, 1.807) is 18.2 Å². The molecule has 1 atom stereocenters. The van der Waals surface area contributed by atoms with E-state index in [-0.39, 0.29) is 24.3 Å². The van der Waals surface area contributed by atoms with Crippen molar-refractivity contribution < 1.29 is 19.2 Å². The minimum Gasteiger partial charge on any atom is -0.382 e. The van der Waals surface area contributed by atoms with Gasteiger partial charge in [-0.05, 0) is 31.4 Å². The monoisotopic (exact) mass is 371 g/mol. The summed E-state index contributed by atoms with van der Waals surface area (Å²) >= 11 is 0. The van der Waals surface area contributed by atoms with Gasteiger partial charge in [0.1, 0.15) is 6.04 Å². The van der Waals surface area contributed by atoms with Gasteiger partial charge in [-0.25, -0.2) is 0 Å². The number of imide groups is 1. The Labute approximate surface area is 158 Å². The van der Waals surface area contributed by atoms with Crippen LogP contribution >= 0.6 is 0 Å². The molecule has 1 heterocycles. The second kappa shape index (κ2) is 8.33. The van der Waals surface area contributed by atoms with Gasteiger partial charge in [0.05, 0.1) is 11.1 Å². The molecule has 7 heteroatoms. The van der Waals surface area contributed by atoms with E-state index in [2.05, 4.69) is 10.6 Å². The minimum absolute atomic E-state index is 0.192. The van der Waals surface area contributed by atoms with E-state index in [1.807, 2.05) is 0 Å². The fraction of sp³-hybridized carbons (Fsp3) is 0.500. The van der Waals surface area contributed by atoms with Gasteiger partial charge >= 0.3 is 0 Å². The molecule has 0 radical (unpaired) electrons. The molecule has 1 aliphatic carbocycles. The first-order chi connectivity index (χ1) is 13.0. The van der Waals surface area contributed by atoms with E-state index < -0.39 is 17.9 Å². The molecule has 1 aromatic rings. The zero-order valence-electron chi connectivity index (χ0n) is 15.5. The number of carbonyl (C=O) groups is 4. The second-order valence-electron chi connectivity index (χ2n) is 7.25. The largest absolute Gasteiger partial charge is 0.382 e. The molecule has 1 saturated heterocycles. The molecule has 2 aliphatic rings. The minimum atomic E-state index is -0.718. The number of hydrogen-bond donors (Lipinski definition) is 2. The van der Waals surface area contributed by atoms with Crippen molar-refractivity contribution in [3.05, 3.63) is 29.3 Å². The summed E-state index contributed by atoms with van der Waals surface area (Å²) in [5, 5.41) is 5.66. The van der Waals surface area contributed by atoms with Crippen LogP contribution in [0.15, 0.2) is 18.2 Å². The van der Waals surface area contributed by atoms with E-state index in [0.717, 1.165) is 25.7 Å². The van der Waals surface area contributed by atoms with Crippen LogP contribution in [-0.2, 0) is 9.59 Å². The molecule has 144 valence electrons. The first-order valence-electron chi connectivity index (χ1n) is 9.47. The molecule has 3 rings (SSSR count). The smallest absolute Gasteiger partial charge is 0.255 e. The third kappa shape index (κ3) is 4.18. The molecular formula is C20H25N3O4. The number of nitrogens with zero attached hydrogens (tertiary/aromatic N) is 1. The maximum absolute atomic E-state index is 13.0. The average Bonchev–Trinajstić information content (AvgIpc) is 2.67. The Balaban J connectivity index is 1.81. The van der Waals surface area contributed by atoms with Crippen LogP contribution in [0.4, 0.5) is 5.69 Å². The van der Waals surface area contributed by atoms with Crippen molar-refractivity contribution in [3.63, 3.8) is 0 Å². The van der Waals surface area contributed by atoms with Crippen molar-refractivity contribution in [2.45, 2.75) is 57.0 Å². The van der Waals surface area contributed by atoms with Gasteiger partial charge in [0.15, 0.2) is 6.29 Å². The van der Waals surface area contributed by atoms with E-state index in [4.69, 9.17) is 0 Å². The molecule has 0 spiro atoms. The molecule has 1 unspecified atom stereocenters. The molecule has 1 saturated carbocycles. The Morgan fingerprint density at radius 3 is 2.59 bits per heavy atom. The molecule has 1 aromatic carbocycles. The third-order valence-electron chi connectivity index (χ3n) is 5.42. The number of anilines is 1. The Bertz CT molecular complexity index is 756. The average molecular weight is 371 g/mol. The number of carbonyl (C=O) groups excluding carboxylic acids is 4.